The van der Waals surface area contributed by atoms with Crippen molar-refractivity contribution >= 4 is 17.8 Å². The summed E-state index contributed by atoms with van der Waals surface area (Å²) in [7, 11) is 0. The number of rotatable bonds is 7. The van der Waals surface area contributed by atoms with Gasteiger partial charge >= 0.3 is 5.97 Å². The first kappa shape index (κ1) is 19.0. The molecule has 2 amide bonds. The Labute approximate surface area is 148 Å². The minimum absolute atomic E-state index is 0.0419. The summed E-state index contributed by atoms with van der Waals surface area (Å²) >= 11 is 0. The Kier molecular flexibility index (Phi) is 6.17. The highest BCUT2D eigenvalue weighted by molar-refractivity contribution is 5.92. The van der Waals surface area contributed by atoms with Gasteiger partial charge in [-0.1, -0.05) is 50.1 Å². The van der Waals surface area contributed by atoms with Gasteiger partial charge in [-0.3, -0.25) is 9.59 Å². The number of hydrogen-bond acceptors (Lipinski definition) is 3. The smallest absolute Gasteiger partial charge is 0.334 e. The zero-order valence-corrected chi connectivity index (χ0v) is 14.7. The first-order chi connectivity index (χ1) is 11.9. The van der Waals surface area contributed by atoms with Crippen LogP contribution in [0.4, 0.5) is 0 Å². The van der Waals surface area contributed by atoms with Gasteiger partial charge in [-0.25, -0.2) is 4.79 Å². The zero-order valence-electron chi connectivity index (χ0n) is 14.7. The first-order valence-electron chi connectivity index (χ1n) is 8.82. The summed E-state index contributed by atoms with van der Waals surface area (Å²) in [5.74, 6) is -1.79. The van der Waals surface area contributed by atoms with Crippen molar-refractivity contribution in [1.82, 2.24) is 10.6 Å². The highest BCUT2D eigenvalue weighted by Gasteiger charge is 2.41. The number of amides is 2. The van der Waals surface area contributed by atoms with E-state index in [2.05, 4.69) is 10.6 Å². The lowest BCUT2D eigenvalue weighted by Gasteiger charge is -2.31. The number of carbonyl (C=O) groups is 3. The van der Waals surface area contributed by atoms with E-state index in [0.717, 1.165) is 25.7 Å². The molecule has 0 aliphatic heterocycles. The van der Waals surface area contributed by atoms with E-state index in [4.69, 9.17) is 0 Å². The molecule has 1 aromatic rings. The van der Waals surface area contributed by atoms with E-state index >= 15 is 0 Å². The number of carboxylic acids is 1. The predicted molar refractivity (Wildman–Crippen MR) is 93.8 cm³/mol. The molecule has 1 fully saturated rings. The maximum atomic E-state index is 12.6. The molecule has 1 aromatic carbocycles. The van der Waals surface area contributed by atoms with Crippen molar-refractivity contribution in [2.75, 3.05) is 0 Å². The minimum atomic E-state index is -1.51. The Bertz CT molecular complexity index is 626. The summed E-state index contributed by atoms with van der Waals surface area (Å²) in [5, 5.41) is 15.1. The summed E-state index contributed by atoms with van der Waals surface area (Å²) in [6.45, 7) is 3.29. The molecule has 25 heavy (non-hydrogen) atoms. The van der Waals surface area contributed by atoms with Crippen LogP contribution in [0.1, 0.15) is 51.5 Å². The molecule has 3 N–H and O–H groups in total. The van der Waals surface area contributed by atoms with Crippen molar-refractivity contribution in [2.24, 2.45) is 5.92 Å². The molecule has 1 aliphatic rings. The Balaban J connectivity index is 2.11. The van der Waals surface area contributed by atoms with Crippen LogP contribution in [0.2, 0.25) is 0 Å². The van der Waals surface area contributed by atoms with Gasteiger partial charge in [0.25, 0.3) is 0 Å². The third kappa shape index (κ3) is 4.18. The van der Waals surface area contributed by atoms with Crippen molar-refractivity contribution in [2.45, 2.75) is 57.5 Å². The molecule has 0 spiro atoms. The van der Waals surface area contributed by atoms with Crippen LogP contribution in [0.25, 0.3) is 0 Å². The Morgan fingerprint density at radius 3 is 2.32 bits per heavy atom. The molecular formula is C19H26N2O4. The van der Waals surface area contributed by atoms with Gasteiger partial charge in [0.05, 0.1) is 0 Å². The van der Waals surface area contributed by atoms with Crippen molar-refractivity contribution in [1.29, 1.82) is 0 Å². The average Bonchev–Trinajstić information content (AvgIpc) is 3.14. The molecule has 0 bridgehead atoms. The summed E-state index contributed by atoms with van der Waals surface area (Å²) in [4.78, 5) is 36.7. The fourth-order valence-electron chi connectivity index (χ4n) is 3.32. The molecule has 0 heterocycles. The standard InChI is InChI=1S/C19H26N2O4/c1-3-19(18(24)25,15-11-5-4-6-12-15)21-16(22)13(2)20-17(23)14-9-7-8-10-14/h4-6,11-14H,3,7-10H2,1-2H3,(H,20,23)(H,21,22)(H,24,25). The van der Waals surface area contributed by atoms with Gasteiger partial charge in [0.15, 0.2) is 5.54 Å². The lowest BCUT2D eigenvalue weighted by molar-refractivity contribution is -0.148. The van der Waals surface area contributed by atoms with Gasteiger partial charge in [0.2, 0.25) is 11.8 Å². The molecule has 6 nitrogen and oxygen atoms in total. The van der Waals surface area contributed by atoms with Gasteiger partial charge in [0, 0.05) is 5.92 Å². The van der Waals surface area contributed by atoms with E-state index in [1.807, 2.05) is 0 Å². The van der Waals surface area contributed by atoms with Crippen LogP contribution in [0.3, 0.4) is 0 Å². The fourth-order valence-corrected chi connectivity index (χ4v) is 3.32. The van der Waals surface area contributed by atoms with Crippen LogP contribution in [-0.4, -0.2) is 28.9 Å². The summed E-state index contributed by atoms with van der Waals surface area (Å²) in [6.07, 6.45) is 3.95. The SMILES string of the molecule is CCC(NC(=O)C(C)NC(=O)C1CCCC1)(C(=O)O)c1ccccc1. The number of aliphatic carboxylic acids is 1. The van der Waals surface area contributed by atoms with Crippen LogP contribution in [0.15, 0.2) is 30.3 Å². The number of carbonyl (C=O) groups excluding carboxylic acids is 2. The van der Waals surface area contributed by atoms with Crippen molar-refractivity contribution in [3.8, 4) is 0 Å². The Hall–Kier alpha value is -2.37. The fraction of sp³-hybridized carbons (Fsp3) is 0.526. The molecule has 136 valence electrons. The van der Waals surface area contributed by atoms with Crippen molar-refractivity contribution < 1.29 is 19.5 Å². The van der Waals surface area contributed by atoms with Crippen LogP contribution < -0.4 is 10.6 Å². The second-order valence-electron chi connectivity index (χ2n) is 6.63. The summed E-state index contributed by atoms with van der Waals surface area (Å²) < 4.78 is 0. The molecule has 0 aromatic heterocycles. The van der Waals surface area contributed by atoms with Gasteiger partial charge < -0.3 is 15.7 Å². The third-order valence-corrected chi connectivity index (χ3v) is 4.98. The van der Waals surface area contributed by atoms with Gasteiger partial charge in [-0.15, -0.1) is 0 Å². The monoisotopic (exact) mass is 346 g/mol. The second kappa shape index (κ2) is 8.14. The highest BCUT2D eigenvalue weighted by Crippen LogP contribution is 2.26. The van der Waals surface area contributed by atoms with E-state index in [1.165, 1.54) is 0 Å². The second-order valence-corrected chi connectivity index (χ2v) is 6.63. The topological polar surface area (TPSA) is 95.5 Å². The minimum Gasteiger partial charge on any atom is -0.479 e. The van der Waals surface area contributed by atoms with Crippen molar-refractivity contribution in [3.63, 3.8) is 0 Å². The predicted octanol–water partition coefficient (Wildman–Crippen LogP) is 2.19. The van der Waals surface area contributed by atoms with Crippen LogP contribution in [0.5, 0.6) is 0 Å². The summed E-state index contributed by atoms with van der Waals surface area (Å²) in [6, 6.07) is 7.83. The number of nitrogens with one attached hydrogen (secondary N) is 2. The normalized spacial score (nSPS) is 18.2. The molecule has 2 rings (SSSR count). The van der Waals surface area contributed by atoms with E-state index in [9.17, 15) is 19.5 Å². The number of carboxylic acid groups (broad SMARTS) is 1. The van der Waals surface area contributed by atoms with E-state index in [0.29, 0.717) is 5.56 Å². The van der Waals surface area contributed by atoms with Gasteiger partial charge in [-0.05, 0) is 31.7 Å². The lowest BCUT2D eigenvalue weighted by Crippen LogP contribution is -2.56. The van der Waals surface area contributed by atoms with E-state index in [1.54, 1.807) is 44.2 Å². The number of hydrogen-bond donors (Lipinski definition) is 3. The molecule has 2 unspecified atom stereocenters. The molecule has 0 radical (unpaired) electrons. The maximum absolute atomic E-state index is 12.6. The Morgan fingerprint density at radius 1 is 1.20 bits per heavy atom. The maximum Gasteiger partial charge on any atom is 0.334 e. The quantitative estimate of drug-likeness (QED) is 0.705. The Morgan fingerprint density at radius 2 is 1.80 bits per heavy atom. The van der Waals surface area contributed by atoms with Gasteiger partial charge in [0.1, 0.15) is 6.04 Å². The highest BCUT2D eigenvalue weighted by atomic mass is 16.4. The first-order valence-corrected chi connectivity index (χ1v) is 8.82. The van der Waals surface area contributed by atoms with Crippen LogP contribution in [0, 0.1) is 5.92 Å². The molecule has 2 atom stereocenters. The average molecular weight is 346 g/mol. The van der Waals surface area contributed by atoms with Crippen molar-refractivity contribution in [3.05, 3.63) is 35.9 Å². The third-order valence-electron chi connectivity index (χ3n) is 4.98. The largest absolute Gasteiger partial charge is 0.479 e. The molecule has 6 heteroatoms. The van der Waals surface area contributed by atoms with E-state index in [-0.39, 0.29) is 18.2 Å². The molecular weight excluding hydrogens is 320 g/mol. The number of benzene rings is 1. The van der Waals surface area contributed by atoms with Crippen LogP contribution in [-0.2, 0) is 19.9 Å². The summed E-state index contributed by atoms with van der Waals surface area (Å²) in [5.41, 5.74) is -1.00. The molecule has 1 saturated carbocycles. The molecule has 1 aliphatic carbocycles. The van der Waals surface area contributed by atoms with Gasteiger partial charge in [-0.2, -0.15) is 0 Å². The lowest BCUT2D eigenvalue weighted by atomic mass is 9.87. The zero-order chi connectivity index (χ0) is 18.4. The van der Waals surface area contributed by atoms with Crippen LogP contribution >= 0.6 is 0 Å². The van der Waals surface area contributed by atoms with E-state index < -0.39 is 23.5 Å². The molecule has 0 saturated heterocycles.